The van der Waals surface area contributed by atoms with Gasteiger partial charge < -0.3 is 5.32 Å². The Hall–Kier alpha value is -0.410. The fourth-order valence-corrected chi connectivity index (χ4v) is 4.53. The van der Waals surface area contributed by atoms with Gasteiger partial charge in [-0.1, -0.05) is 41.0 Å². The molecule has 0 amide bonds. The first-order chi connectivity index (χ1) is 9.91. The largest absolute Gasteiger partial charge is 0.305 e. The molecule has 120 valence electrons. The third kappa shape index (κ3) is 3.87. The predicted molar refractivity (Wildman–Crippen MR) is 93.0 cm³/mol. The number of thiazole rings is 1. The monoisotopic (exact) mass is 308 g/mol. The Morgan fingerprint density at radius 1 is 1.29 bits per heavy atom. The van der Waals surface area contributed by atoms with Crippen molar-refractivity contribution < 1.29 is 0 Å². The van der Waals surface area contributed by atoms with Crippen LogP contribution in [0.3, 0.4) is 0 Å². The molecule has 1 aliphatic rings. The SMILES string of the molecule is CCCNC1(c2nc(C(C)(C)C)cs2)CCC(CC)CC1. The van der Waals surface area contributed by atoms with Crippen molar-refractivity contribution in [1.82, 2.24) is 10.3 Å². The molecule has 1 heterocycles. The van der Waals surface area contributed by atoms with E-state index in [1.165, 1.54) is 49.2 Å². The Kier molecular flexibility index (Phi) is 5.48. The van der Waals surface area contributed by atoms with Crippen LogP contribution in [0.15, 0.2) is 5.38 Å². The third-order valence-electron chi connectivity index (χ3n) is 4.93. The van der Waals surface area contributed by atoms with Crippen LogP contribution in [-0.4, -0.2) is 11.5 Å². The van der Waals surface area contributed by atoms with Gasteiger partial charge in [0.2, 0.25) is 0 Å². The van der Waals surface area contributed by atoms with E-state index in [-0.39, 0.29) is 11.0 Å². The molecule has 0 radical (unpaired) electrons. The van der Waals surface area contributed by atoms with Crippen LogP contribution in [0.25, 0.3) is 0 Å². The zero-order valence-electron chi connectivity index (χ0n) is 14.5. The summed E-state index contributed by atoms with van der Waals surface area (Å²) in [6.07, 6.45) is 7.71. The minimum Gasteiger partial charge on any atom is -0.305 e. The molecule has 21 heavy (non-hydrogen) atoms. The van der Waals surface area contributed by atoms with Gasteiger partial charge >= 0.3 is 0 Å². The van der Waals surface area contributed by atoms with E-state index in [2.05, 4.69) is 45.3 Å². The van der Waals surface area contributed by atoms with Gasteiger partial charge in [0.1, 0.15) is 5.01 Å². The highest BCUT2D eigenvalue weighted by atomic mass is 32.1. The van der Waals surface area contributed by atoms with Gasteiger partial charge in [0, 0.05) is 10.8 Å². The van der Waals surface area contributed by atoms with Gasteiger partial charge in [-0.05, 0) is 44.6 Å². The molecule has 0 spiro atoms. The molecule has 1 aromatic heterocycles. The van der Waals surface area contributed by atoms with E-state index >= 15 is 0 Å². The molecule has 0 unspecified atom stereocenters. The summed E-state index contributed by atoms with van der Waals surface area (Å²) in [6.45, 7) is 12.4. The Labute approximate surface area is 134 Å². The van der Waals surface area contributed by atoms with Crippen molar-refractivity contribution >= 4 is 11.3 Å². The first kappa shape index (κ1) is 17.0. The molecule has 1 fully saturated rings. The molecule has 3 heteroatoms. The van der Waals surface area contributed by atoms with Crippen molar-refractivity contribution in [2.45, 2.75) is 84.1 Å². The third-order valence-corrected chi connectivity index (χ3v) is 5.98. The molecule has 2 rings (SSSR count). The van der Waals surface area contributed by atoms with Gasteiger partial charge in [0.05, 0.1) is 11.2 Å². The van der Waals surface area contributed by atoms with Crippen LogP contribution in [0.1, 0.15) is 83.8 Å². The van der Waals surface area contributed by atoms with E-state index in [9.17, 15) is 0 Å². The number of nitrogens with zero attached hydrogens (tertiary/aromatic N) is 1. The normalized spacial score (nSPS) is 27.0. The van der Waals surface area contributed by atoms with Crippen LogP contribution in [0.4, 0.5) is 0 Å². The van der Waals surface area contributed by atoms with Crippen molar-refractivity contribution in [3.05, 3.63) is 16.1 Å². The summed E-state index contributed by atoms with van der Waals surface area (Å²) in [5, 5.41) is 7.46. The lowest BCUT2D eigenvalue weighted by Gasteiger charge is -2.39. The quantitative estimate of drug-likeness (QED) is 0.805. The van der Waals surface area contributed by atoms with Crippen molar-refractivity contribution in [2.75, 3.05) is 6.54 Å². The van der Waals surface area contributed by atoms with E-state index in [0.29, 0.717) is 0 Å². The second-order valence-electron chi connectivity index (χ2n) is 7.65. The van der Waals surface area contributed by atoms with Gasteiger partial charge in [0.25, 0.3) is 0 Å². The number of hydrogen-bond donors (Lipinski definition) is 1. The van der Waals surface area contributed by atoms with Gasteiger partial charge in [-0.15, -0.1) is 11.3 Å². The Morgan fingerprint density at radius 3 is 2.43 bits per heavy atom. The van der Waals surface area contributed by atoms with E-state index in [1.54, 1.807) is 0 Å². The number of rotatable bonds is 5. The molecular formula is C18H32N2S. The minimum absolute atomic E-state index is 0.149. The van der Waals surface area contributed by atoms with E-state index in [1.807, 2.05) is 11.3 Å². The molecule has 0 bridgehead atoms. The van der Waals surface area contributed by atoms with Crippen molar-refractivity contribution in [1.29, 1.82) is 0 Å². The Balaban J connectivity index is 2.22. The first-order valence-electron chi connectivity index (χ1n) is 8.63. The van der Waals surface area contributed by atoms with Crippen LogP contribution in [-0.2, 0) is 11.0 Å². The van der Waals surface area contributed by atoms with Crippen LogP contribution in [0, 0.1) is 5.92 Å². The Morgan fingerprint density at radius 2 is 1.95 bits per heavy atom. The van der Waals surface area contributed by atoms with Crippen molar-refractivity contribution in [3.8, 4) is 0 Å². The fourth-order valence-electron chi connectivity index (χ4n) is 3.25. The average Bonchev–Trinajstić information content (AvgIpc) is 2.96. The standard InChI is InChI=1S/C18H32N2S/c1-6-12-19-18(10-8-14(7-2)9-11-18)16-20-15(13-21-16)17(3,4)5/h13-14,19H,6-12H2,1-5H3. The van der Waals surface area contributed by atoms with Gasteiger partial charge in [-0.3, -0.25) is 0 Å². The van der Waals surface area contributed by atoms with E-state index < -0.39 is 0 Å². The number of aromatic nitrogens is 1. The highest BCUT2D eigenvalue weighted by Gasteiger charge is 2.38. The molecule has 0 atom stereocenters. The summed E-state index contributed by atoms with van der Waals surface area (Å²) in [4.78, 5) is 5.04. The summed E-state index contributed by atoms with van der Waals surface area (Å²) in [7, 11) is 0. The lowest BCUT2D eigenvalue weighted by molar-refractivity contribution is 0.185. The molecule has 1 aromatic rings. The van der Waals surface area contributed by atoms with E-state index in [0.717, 1.165) is 12.5 Å². The van der Waals surface area contributed by atoms with Gasteiger partial charge in [-0.2, -0.15) is 0 Å². The smallest absolute Gasteiger partial charge is 0.113 e. The molecule has 1 aliphatic carbocycles. The molecule has 1 N–H and O–H groups in total. The van der Waals surface area contributed by atoms with Crippen LogP contribution >= 0.6 is 11.3 Å². The second-order valence-corrected chi connectivity index (χ2v) is 8.51. The van der Waals surface area contributed by atoms with Gasteiger partial charge in [0.15, 0.2) is 0 Å². The van der Waals surface area contributed by atoms with Crippen molar-refractivity contribution in [3.63, 3.8) is 0 Å². The number of nitrogens with one attached hydrogen (secondary N) is 1. The van der Waals surface area contributed by atoms with Crippen LogP contribution in [0.2, 0.25) is 0 Å². The lowest BCUT2D eigenvalue weighted by atomic mass is 9.75. The Bertz CT molecular complexity index is 436. The molecular weight excluding hydrogens is 276 g/mol. The van der Waals surface area contributed by atoms with Gasteiger partial charge in [-0.25, -0.2) is 4.98 Å². The summed E-state index contributed by atoms with van der Waals surface area (Å²) >= 11 is 1.87. The maximum absolute atomic E-state index is 5.04. The van der Waals surface area contributed by atoms with E-state index in [4.69, 9.17) is 4.98 Å². The highest BCUT2D eigenvalue weighted by molar-refractivity contribution is 7.09. The lowest BCUT2D eigenvalue weighted by Crippen LogP contribution is -2.45. The number of hydrogen-bond acceptors (Lipinski definition) is 3. The molecule has 0 aliphatic heterocycles. The predicted octanol–water partition coefficient (Wildman–Crippen LogP) is 5.24. The summed E-state index contributed by atoms with van der Waals surface area (Å²) < 4.78 is 0. The summed E-state index contributed by atoms with van der Waals surface area (Å²) in [5.41, 5.74) is 1.55. The molecule has 0 aromatic carbocycles. The highest BCUT2D eigenvalue weighted by Crippen LogP contribution is 2.42. The zero-order valence-corrected chi connectivity index (χ0v) is 15.3. The second kappa shape index (κ2) is 6.78. The zero-order chi connectivity index (χ0) is 15.5. The fraction of sp³-hybridized carbons (Fsp3) is 0.833. The maximum atomic E-state index is 5.04. The topological polar surface area (TPSA) is 24.9 Å². The average molecular weight is 309 g/mol. The molecule has 0 saturated heterocycles. The van der Waals surface area contributed by atoms with Crippen LogP contribution in [0.5, 0.6) is 0 Å². The molecule has 1 saturated carbocycles. The summed E-state index contributed by atoms with van der Waals surface area (Å²) in [5.74, 6) is 0.920. The first-order valence-corrected chi connectivity index (χ1v) is 9.50. The van der Waals surface area contributed by atoms with Crippen LogP contribution < -0.4 is 5.32 Å². The molecule has 2 nitrogen and oxygen atoms in total. The maximum Gasteiger partial charge on any atom is 0.113 e. The minimum atomic E-state index is 0.149. The summed E-state index contributed by atoms with van der Waals surface area (Å²) in [6, 6.07) is 0. The van der Waals surface area contributed by atoms with Crippen molar-refractivity contribution in [2.24, 2.45) is 5.92 Å².